The molecule has 0 fully saturated rings. The van der Waals surface area contributed by atoms with Crippen molar-refractivity contribution < 1.29 is 9.69 Å². The molecule has 116 valence electrons. The number of hydrogen-bond donors (Lipinski definition) is 2. The van der Waals surface area contributed by atoms with Gasteiger partial charge in [0.15, 0.2) is 6.54 Å². The van der Waals surface area contributed by atoms with Crippen LogP contribution in [0.15, 0.2) is 53.0 Å². The van der Waals surface area contributed by atoms with Crippen LogP contribution in [0.3, 0.4) is 0 Å². The second kappa shape index (κ2) is 8.11. The summed E-state index contributed by atoms with van der Waals surface area (Å²) in [5, 5.41) is 2.95. The van der Waals surface area contributed by atoms with Gasteiger partial charge in [-0.25, -0.2) is 0 Å². The molecule has 1 atom stereocenters. The third kappa shape index (κ3) is 5.28. The molecule has 0 radical (unpaired) electrons. The molecule has 2 rings (SSSR count). The maximum Gasteiger partial charge on any atom is 0.279 e. The number of carbonyl (C=O) groups is 1. The molecule has 0 spiro atoms. The van der Waals surface area contributed by atoms with Crippen LogP contribution in [-0.4, -0.2) is 19.5 Å². The van der Waals surface area contributed by atoms with E-state index in [1.54, 1.807) is 0 Å². The largest absolute Gasteiger partial charge is 0.326 e. The van der Waals surface area contributed by atoms with E-state index in [1.165, 1.54) is 11.1 Å². The summed E-state index contributed by atoms with van der Waals surface area (Å²) in [6.45, 7) is 3.40. The van der Waals surface area contributed by atoms with Gasteiger partial charge in [0.25, 0.3) is 5.91 Å². The molecule has 0 bridgehead atoms. The molecule has 0 saturated carbocycles. The molecule has 2 N–H and O–H groups in total. The second-order valence-corrected chi connectivity index (χ2v) is 6.45. The van der Waals surface area contributed by atoms with Crippen LogP contribution in [0.1, 0.15) is 18.1 Å². The topological polar surface area (TPSA) is 33.5 Å². The average Bonchev–Trinajstić information content (AvgIpc) is 2.50. The van der Waals surface area contributed by atoms with Crippen LogP contribution in [0.25, 0.3) is 0 Å². The number of nitrogens with one attached hydrogen (secondary N) is 2. The lowest BCUT2D eigenvalue weighted by atomic mass is 10.1. The standard InChI is InChI=1S/C18H21BrN2O/c1-3-14-6-10-17(11-7-14)20-18(22)13-21(2)12-15-4-8-16(19)9-5-15/h4-11H,3,12-13H2,1-2H3,(H,20,22)/p+1. The first kappa shape index (κ1) is 16.7. The van der Waals surface area contributed by atoms with Gasteiger partial charge in [-0.3, -0.25) is 4.79 Å². The maximum absolute atomic E-state index is 12.1. The van der Waals surface area contributed by atoms with Crippen molar-refractivity contribution in [3.8, 4) is 0 Å². The van der Waals surface area contributed by atoms with Gasteiger partial charge in [-0.1, -0.05) is 47.1 Å². The van der Waals surface area contributed by atoms with Crippen molar-refractivity contribution in [3.63, 3.8) is 0 Å². The van der Waals surface area contributed by atoms with E-state index in [-0.39, 0.29) is 5.91 Å². The summed E-state index contributed by atoms with van der Waals surface area (Å²) in [5.41, 5.74) is 3.36. The Morgan fingerprint density at radius 2 is 1.64 bits per heavy atom. The fraction of sp³-hybridized carbons (Fsp3) is 0.278. The predicted molar refractivity (Wildman–Crippen MR) is 94.0 cm³/mol. The summed E-state index contributed by atoms with van der Waals surface area (Å²) < 4.78 is 1.07. The van der Waals surface area contributed by atoms with Crippen LogP contribution in [-0.2, 0) is 17.8 Å². The highest BCUT2D eigenvalue weighted by atomic mass is 79.9. The van der Waals surface area contributed by atoms with Crippen molar-refractivity contribution in [2.45, 2.75) is 19.9 Å². The Bertz CT molecular complexity index is 608. The molecule has 2 aromatic carbocycles. The number of anilines is 1. The minimum absolute atomic E-state index is 0.0406. The fourth-order valence-corrected chi connectivity index (χ4v) is 2.58. The molecule has 0 aliphatic rings. The van der Waals surface area contributed by atoms with Gasteiger partial charge in [0.05, 0.1) is 7.05 Å². The summed E-state index contributed by atoms with van der Waals surface area (Å²) in [5.74, 6) is 0.0406. The van der Waals surface area contributed by atoms with Crippen molar-refractivity contribution in [1.29, 1.82) is 0 Å². The number of likely N-dealkylation sites (N-methyl/N-ethyl adjacent to an activating group) is 1. The Hall–Kier alpha value is -1.65. The van der Waals surface area contributed by atoms with E-state index in [0.29, 0.717) is 6.54 Å². The lowest BCUT2D eigenvalue weighted by Gasteiger charge is -2.14. The number of amides is 1. The van der Waals surface area contributed by atoms with Gasteiger partial charge in [-0.05, 0) is 36.2 Å². The zero-order valence-electron chi connectivity index (χ0n) is 13.0. The number of hydrogen-bond acceptors (Lipinski definition) is 1. The van der Waals surface area contributed by atoms with Gasteiger partial charge >= 0.3 is 0 Å². The van der Waals surface area contributed by atoms with Crippen LogP contribution in [0.5, 0.6) is 0 Å². The lowest BCUT2D eigenvalue weighted by molar-refractivity contribution is -0.885. The summed E-state index contributed by atoms with van der Waals surface area (Å²) >= 11 is 3.43. The van der Waals surface area contributed by atoms with E-state index in [0.717, 1.165) is 28.0 Å². The predicted octanol–water partition coefficient (Wildman–Crippen LogP) is 2.66. The van der Waals surface area contributed by atoms with Gasteiger partial charge in [-0.2, -0.15) is 0 Å². The zero-order chi connectivity index (χ0) is 15.9. The molecular weight excluding hydrogens is 340 g/mol. The summed E-state index contributed by atoms with van der Waals surface area (Å²) in [6.07, 6.45) is 1.01. The van der Waals surface area contributed by atoms with Crippen LogP contribution in [0, 0.1) is 0 Å². The SMILES string of the molecule is CCc1ccc(NC(=O)C[NH+](C)Cc2ccc(Br)cc2)cc1. The van der Waals surface area contributed by atoms with Crippen molar-refractivity contribution >= 4 is 27.5 Å². The Labute approximate surface area is 140 Å². The monoisotopic (exact) mass is 361 g/mol. The molecule has 1 unspecified atom stereocenters. The van der Waals surface area contributed by atoms with Gasteiger partial charge in [0.2, 0.25) is 0 Å². The van der Waals surface area contributed by atoms with Gasteiger partial charge in [-0.15, -0.1) is 0 Å². The average molecular weight is 362 g/mol. The Kier molecular flexibility index (Phi) is 6.16. The first-order valence-corrected chi connectivity index (χ1v) is 8.30. The fourth-order valence-electron chi connectivity index (χ4n) is 2.32. The molecule has 0 aliphatic heterocycles. The first-order chi connectivity index (χ1) is 10.6. The van der Waals surface area contributed by atoms with E-state index in [1.807, 2.05) is 43.4 Å². The van der Waals surface area contributed by atoms with E-state index in [4.69, 9.17) is 0 Å². The summed E-state index contributed by atoms with van der Waals surface area (Å²) in [7, 11) is 2.03. The van der Waals surface area contributed by atoms with Crippen molar-refractivity contribution in [2.75, 3.05) is 18.9 Å². The smallest absolute Gasteiger partial charge is 0.279 e. The van der Waals surface area contributed by atoms with E-state index in [2.05, 4.69) is 40.3 Å². The molecule has 0 aliphatic carbocycles. The molecular formula is C18H22BrN2O+. The Morgan fingerprint density at radius 1 is 1.05 bits per heavy atom. The summed E-state index contributed by atoms with van der Waals surface area (Å²) in [6, 6.07) is 16.2. The number of aryl methyl sites for hydroxylation is 1. The molecule has 22 heavy (non-hydrogen) atoms. The third-order valence-corrected chi connectivity index (χ3v) is 4.06. The van der Waals surface area contributed by atoms with Crippen molar-refractivity contribution in [1.82, 2.24) is 0 Å². The number of rotatable bonds is 6. The van der Waals surface area contributed by atoms with Crippen LogP contribution in [0.2, 0.25) is 0 Å². The quantitative estimate of drug-likeness (QED) is 0.814. The molecule has 0 heterocycles. The highest BCUT2D eigenvalue weighted by molar-refractivity contribution is 9.10. The van der Waals surface area contributed by atoms with Gasteiger partial charge in [0, 0.05) is 15.7 Å². The molecule has 3 nitrogen and oxygen atoms in total. The lowest BCUT2D eigenvalue weighted by Crippen LogP contribution is -3.08. The number of quaternary nitrogens is 1. The normalized spacial score (nSPS) is 12.0. The summed E-state index contributed by atoms with van der Waals surface area (Å²) in [4.78, 5) is 13.2. The van der Waals surface area contributed by atoms with Crippen LogP contribution in [0.4, 0.5) is 5.69 Å². The number of benzene rings is 2. The minimum atomic E-state index is 0.0406. The minimum Gasteiger partial charge on any atom is -0.326 e. The molecule has 0 saturated heterocycles. The highest BCUT2D eigenvalue weighted by Crippen LogP contribution is 2.10. The molecule has 4 heteroatoms. The number of carbonyl (C=O) groups excluding carboxylic acids is 1. The van der Waals surface area contributed by atoms with Crippen molar-refractivity contribution in [2.24, 2.45) is 0 Å². The van der Waals surface area contributed by atoms with E-state index in [9.17, 15) is 4.79 Å². The Balaban J connectivity index is 1.83. The maximum atomic E-state index is 12.1. The van der Waals surface area contributed by atoms with E-state index >= 15 is 0 Å². The van der Waals surface area contributed by atoms with Crippen LogP contribution < -0.4 is 10.2 Å². The van der Waals surface area contributed by atoms with E-state index < -0.39 is 0 Å². The van der Waals surface area contributed by atoms with Gasteiger partial charge in [0.1, 0.15) is 6.54 Å². The molecule has 0 aromatic heterocycles. The second-order valence-electron chi connectivity index (χ2n) is 5.54. The molecule has 1 amide bonds. The van der Waals surface area contributed by atoms with Gasteiger partial charge < -0.3 is 10.2 Å². The zero-order valence-corrected chi connectivity index (χ0v) is 14.6. The highest BCUT2D eigenvalue weighted by Gasteiger charge is 2.10. The number of halogens is 1. The third-order valence-electron chi connectivity index (χ3n) is 3.53. The van der Waals surface area contributed by atoms with Crippen molar-refractivity contribution in [3.05, 3.63) is 64.1 Å². The first-order valence-electron chi connectivity index (χ1n) is 7.51. The Morgan fingerprint density at radius 3 is 2.23 bits per heavy atom. The van der Waals surface area contributed by atoms with Crippen LogP contribution >= 0.6 is 15.9 Å². The molecule has 2 aromatic rings.